The number of para-hydroxylation sites is 1. The van der Waals surface area contributed by atoms with Gasteiger partial charge in [-0.3, -0.25) is 9.98 Å². The topological polar surface area (TPSA) is 65.7 Å². The van der Waals surface area contributed by atoms with Gasteiger partial charge in [0.05, 0.1) is 5.52 Å². The summed E-state index contributed by atoms with van der Waals surface area (Å²) < 4.78 is 0. The molecule has 0 amide bonds. The highest BCUT2D eigenvalue weighted by molar-refractivity contribution is 5.97. The standard InChI is InChI=1S/C18H16N2O2/c21-17-6-5-13(11-18(17)22)7-9-19-12-14-8-10-20-16-4-2-1-3-15(14)16/h1-6,8,10-12,21-22H,7,9H2. The van der Waals surface area contributed by atoms with E-state index in [1.165, 1.54) is 6.07 Å². The van der Waals surface area contributed by atoms with Crippen LogP contribution >= 0.6 is 0 Å². The zero-order valence-corrected chi connectivity index (χ0v) is 12.0. The van der Waals surface area contributed by atoms with Crippen molar-refractivity contribution in [1.82, 2.24) is 4.98 Å². The van der Waals surface area contributed by atoms with Gasteiger partial charge in [-0.05, 0) is 36.2 Å². The average molecular weight is 292 g/mol. The molecule has 0 saturated heterocycles. The molecule has 0 saturated carbocycles. The predicted molar refractivity (Wildman–Crippen MR) is 87.7 cm³/mol. The van der Waals surface area contributed by atoms with Crippen molar-refractivity contribution in [3.63, 3.8) is 0 Å². The number of phenolic OH excluding ortho intramolecular Hbond substituents is 2. The largest absolute Gasteiger partial charge is 0.504 e. The van der Waals surface area contributed by atoms with Crippen LogP contribution in [0.1, 0.15) is 11.1 Å². The van der Waals surface area contributed by atoms with Gasteiger partial charge in [-0.25, -0.2) is 0 Å². The van der Waals surface area contributed by atoms with E-state index in [0.717, 1.165) is 22.0 Å². The smallest absolute Gasteiger partial charge is 0.157 e. The summed E-state index contributed by atoms with van der Waals surface area (Å²) in [5.74, 6) is -0.197. The van der Waals surface area contributed by atoms with Crippen LogP contribution in [0.5, 0.6) is 11.5 Å². The highest BCUT2D eigenvalue weighted by atomic mass is 16.3. The molecule has 4 heteroatoms. The van der Waals surface area contributed by atoms with Gasteiger partial charge in [0.2, 0.25) is 0 Å². The summed E-state index contributed by atoms with van der Waals surface area (Å²) in [5.41, 5.74) is 2.93. The lowest BCUT2D eigenvalue weighted by Crippen LogP contribution is -1.92. The number of hydrogen-bond donors (Lipinski definition) is 2. The van der Waals surface area contributed by atoms with Crippen molar-refractivity contribution in [2.75, 3.05) is 6.54 Å². The minimum absolute atomic E-state index is 0.0957. The first kappa shape index (κ1) is 14.1. The maximum Gasteiger partial charge on any atom is 0.157 e. The molecule has 0 aliphatic rings. The number of aromatic nitrogens is 1. The molecule has 0 aliphatic heterocycles. The zero-order valence-electron chi connectivity index (χ0n) is 12.0. The summed E-state index contributed by atoms with van der Waals surface area (Å²) in [5, 5.41) is 19.8. The van der Waals surface area contributed by atoms with Crippen LogP contribution in [0.15, 0.2) is 59.7 Å². The van der Waals surface area contributed by atoms with Crippen molar-refractivity contribution in [2.45, 2.75) is 6.42 Å². The third kappa shape index (κ3) is 3.06. The highest BCUT2D eigenvalue weighted by Crippen LogP contribution is 2.25. The lowest BCUT2D eigenvalue weighted by atomic mass is 10.1. The molecule has 0 radical (unpaired) electrons. The van der Waals surface area contributed by atoms with E-state index in [4.69, 9.17) is 0 Å². The van der Waals surface area contributed by atoms with Gasteiger partial charge in [0.1, 0.15) is 0 Å². The SMILES string of the molecule is Oc1ccc(CCN=Cc2ccnc3ccccc23)cc1O. The Hall–Kier alpha value is -2.88. The normalized spacial score (nSPS) is 11.3. The van der Waals surface area contributed by atoms with Gasteiger partial charge in [-0.15, -0.1) is 0 Å². The van der Waals surface area contributed by atoms with Gasteiger partial charge < -0.3 is 10.2 Å². The predicted octanol–water partition coefficient (Wildman–Crippen LogP) is 3.31. The molecule has 0 fully saturated rings. The summed E-state index contributed by atoms with van der Waals surface area (Å²) in [6, 6.07) is 14.7. The molecular formula is C18H16N2O2. The molecule has 2 N–H and O–H groups in total. The fourth-order valence-electron chi connectivity index (χ4n) is 2.31. The second-order valence-corrected chi connectivity index (χ2v) is 5.03. The van der Waals surface area contributed by atoms with E-state index in [0.29, 0.717) is 13.0 Å². The fraction of sp³-hybridized carbons (Fsp3) is 0.111. The molecule has 3 rings (SSSR count). The Bertz CT molecular complexity index is 823. The van der Waals surface area contributed by atoms with Crippen molar-refractivity contribution in [2.24, 2.45) is 4.99 Å². The molecule has 0 spiro atoms. The zero-order chi connectivity index (χ0) is 15.4. The first-order chi connectivity index (χ1) is 10.7. The van der Waals surface area contributed by atoms with Crippen LogP contribution in [0.3, 0.4) is 0 Å². The quantitative estimate of drug-likeness (QED) is 0.572. The van der Waals surface area contributed by atoms with Crippen LogP contribution in [0.25, 0.3) is 10.9 Å². The Morgan fingerprint density at radius 2 is 1.86 bits per heavy atom. The average Bonchev–Trinajstić information content (AvgIpc) is 2.55. The minimum Gasteiger partial charge on any atom is -0.504 e. The summed E-state index contributed by atoms with van der Waals surface area (Å²) >= 11 is 0. The third-order valence-electron chi connectivity index (χ3n) is 3.48. The van der Waals surface area contributed by atoms with Crippen LogP contribution in [-0.4, -0.2) is 28.0 Å². The van der Waals surface area contributed by atoms with Gasteiger partial charge in [0.15, 0.2) is 11.5 Å². The first-order valence-electron chi connectivity index (χ1n) is 7.08. The Labute approximate surface area is 128 Å². The van der Waals surface area contributed by atoms with Crippen LogP contribution in [0.4, 0.5) is 0 Å². The molecule has 0 unspecified atom stereocenters. The molecule has 4 nitrogen and oxygen atoms in total. The van der Waals surface area contributed by atoms with Gasteiger partial charge in [0.25, 0.3) is 0 Å². The fourth-order valence-corrected chi connectivity index (χ4v) is 2.31. The molecule has 22 heavy (non-hydrogen) atoms. The highest BCUT2D eigenvalue weighted by Gasteiger charge is 2.00. The van der Waals surface area contributed by atoms with Gasteiger partial charge >= 0.3 is 0 Å². The molecule has 110 valence electrons. The Kier molecular flexibility index (Phi) is 4.01. The molecular weight excluding hydrogens is 276 g/mol. The number of rotatable bonds is 4. The number of nitrogens with zero attached hydrogens (tertiary/aromatic N) is 2. The first-order valence-corrected chi connectivity index (χ1v) is 7.08. The van der Waals surface area contributed by atoms with Crippen LogP contribution in [0.2, 0.25) is 0 Å². The van der Waals surface area contributed by atoms with Crippen molar-refractivity contribution in [3.05, 3.63) is 65.9 Å². The number of fused-ring (bicyclic) bond motifs is 1. The number of aromatic hydroxyl groups is 2. The maximum absolute atomic E-state index is 9.46. The number of hydrogen-bond acceptors (Lipinski definition) is 4. The number of benzene rings is 2. The van der Waals surface area contributed by atoms with Crippen LogP contribution in [-0.2, 0) is 6.42 Å². The molecule has 2 aromatic carbocycles. The van der Waals surface area contributed by atoms with E-state index in [1.54, 1.807) is 18.3 Å². The van der Waals surface area contributed by atoms with Gasteiger partial charge in [-0.2, -0.15) is 0 Å². The van der Waals surface area contributed by atoms with Crippen LogP contribution in [0, 0.1) is 0 Å². The van der Waals surface area contributed by atoms with Crippen molar-refractivity contribution < 1.29 is 10.2 Å². The van der Waals surface area contributed by atoms with E-state index >= 15 is 0 Å². The van der Waals surface area contributed by atoms with E-state index < -0.39 is 0 Å². The molecule has 0 bridgehead atoms. The lowest BCUT2D eigenvalue weighted by Gasteiger charge is -2.02. The Balaban J connectivity index is 1.70. The molecule has 0 atom stereocenters. The minimum atomic E-state index is -0.101. The summed E-state index contributed by atoms with van der Waals surface area (Å²) in [6.45, 7) is 0.612. The molecule has 3 aromatic rings. The summed E-state index contributed by atoms with van der Waals surface area (Å²) in [4.78, 5) is 8.76. The lowest BCUT2D eigenvalue weighted by molar-refractivity contribution is 0.403. The Morgan fingerprint density at radius 1 is 1.00 bits per heavy atom. The second-order valence-electron chi connectivity index (χ2n) is 5.03. The molecule has 0 aliphatic carbocycles. The van der Waals surface area contributed by atoms with E-state index in [9.17, 15) is 10.2 Å². The summed E-state index contributed by atoms with van der Waals surface area (Å²) in [6.07, 6.45) is 4.33. The Morgan fingerprint density at radius 3 is 2.73 bits per heavy atom. The molecule has 1 heterocycles. The van der Waals surface area contributed by atoms with Crippen LogP contribution < -0.4 is 0 Å². The van der Waals surface area contributed by atoms with E-state index in [2.05, 4.69) is 9.98 Å². The monoisotopic (exact) mass is 292 g/mol. The van der Waals surface area contributed by atoms with Gasteiger partial charge in [0, 0.05) is 29.9 Å². The summed E-state index contributed by atoms with van der Waals surface area (Å²) in [7, 11) is 0. The van der Waals surface area contributed by atoms with E-state index in [-0.39, 0.29) is 11.5 Å². The van der Waals surface area contributed by atoms with Crippen molar-refractivity contribution in [3.8, 4) is 11.5 Å². The molecule has 1 aromatic heterocycles. The number of aliphatic imine (C=N–C) groups is 1. The third-order valence-corrected chi connectivity index (χ3v) is 3.48. The second kappa shape index (κ2) is 6.26. The van der Waals surface area contributed by atoms with Crippen molar-refractivity contribution >= 4 is 17.1 Å². The van der Waals surface area contributed by atoms with E-state index in [1.807, 2.05) is 36.5 Å². The maximum atomic E-state index is 9.46. The number of phenols is 2. The van der Waals surface area contributed by atoms with Gasteiger partial charge in [-0.1, -0.05) is 24.3 Å². The van der Waals surface area contributed by atoms with Crippen molar-refractivity contribution in [1.29, 1.82) is 0 Å². The number of pyridine rings is 1.